The van der Waals surface area contributed by atoms with Crippen LogP contribution in [-0.2, 0) is 6.42 Å². The third-order valence-electron chi connectivity index (χ3n) is 3.29. The summed E-state index contributed by atoms with van der Waals surface area (Å²) in [5.41, 5.74) is 1.29. The van der Waals surface area contributed by atoms with E-state index >= 15 is 0 Å². The van der Waals surface area contributed by atoms with Crippen molar-refractivity contribution >= 4 is 0 Å². The molecule has 1 aromatic carbocycles. The number of benzene rings is 1. The number of nitrogens with zero attached hydrogens (tertiary/aromatic N) is 1. The number of rotatable bonds is 6. The highest BCUT2D eigenvalue weighted by atomic mass is 16.5. The van der Waals surface area contributed by atoms with E-state index in [4.69, 9.17) is 4.74 Å². The number of ether oxygens (including phenoxy) is 1. The Balaban J connectivity index is 1.80. The van der Waals surface area contributed by atoms with Crippen LogP contribution < -0.4 is 4.74 Å². The van der Waals surface area contributed by atoms with Crippen molar-refractivity contribution in [2.24, 2.45) is 0 Å². The number of aryl methyl sites for hydroxylation is 1. The summed E-state index contributed by atoms with van der Waals surface area (Å²) in [6, 6.07) is 9.15. The lowest BCUT2D eigenvalue weighted by atomic mass is 10.1. The van der Waals surface area contributed by atoms with Gasteiger partial charge in [0.1, 0.15) is 12.4 Å². The molecule has 2 rings (SSSR count). The van der Waals surface area contributed by atoms with Crippen LogP contribution in [0.15, 0.2) is 18.2 Å². The summed E-state index contributed by atoms with van der Waals surface area (Å²) >= 11 is 0. The molecule has 1 saturated heterocycles. The maximum Gasteiger partial charge on any atom is 0.122 e. The van der Waals surface area contributed by atoms with E-state index in [0.717, 1.165) is 31.7 Å². The van der Waals surface area contributed by atoms with Crippen molar-refractivity contribution in [2.45, 2.75) is 32.6 Å². The minimum atomic E-state index is 0.806. The lowest BCUT2D eigenvalue weighted by Crippen LogP contribution is -2.25. The van der Waals surface area contributed by atoms with Gasteiger partial charge in [0.15, 0.2) is 0 Å². The summed E-state index contributed by atoms with van der Waals surface area (Å²) in [5, 5.41) is 0. The first kappa shape index (κ1) is 12.4. The van der Waals surface area contributed by atoms with Gasteiger partial charge in [0.05, 0.1) is 0 Å². The number of hydrogen-bond acceptors (Lipinski definition) is 2. The zero-order valence-corrected chi connectivity index (χ0v) is 10.7. The zero-order valence-electron chi connectivity index (χ0n) is 10.7. The zero-order chi connectivity index (χ0) is 11.9. The second kappa shape index (κ2) is 6.65. The van der Waals surface area contributed by atoms with Gasteiger partial charge in [-0.25, -0.2) is 0 Å². The van der Waals surface area contributed by atoms with Gasteiger partial charge in [0.2, 0.25) is 0 Å². The second-order valence-corrected chi connectivity index (χ2v) is 4.68. The largest absolute Gasteiger partial charge is 0.492 e. The van der Waals surface area contributed by atoms with Crippen LogP contribution in [-0.4, -0.2) is 31.1 Å². The molecule has 1 aromatic rings. The molecule has 1 fully saturated rings. The minimum absolute atomic E-state index is 0.806. The lowest BCUT2D eigenvalue weighted by Gasteiger charge is -2.16. The first-order valence-corrected chi connectivity index (χ1v) is 6.74. The predicted molar refractivity (Wildman–Crippen MR) is 70.4 cm³/mol. The molecule has 0 unspecified atom stereocenters. The molecule has 2 nitrogen and oxygen atoms in total. The van der Waals surface area contributed by atoms with Crippen molar-refractivity contribution in [1.82, 2.24) is 4.90 Å². The van der Waals surface area contributed by atoms with Gasteiger partial charge in [-0.2, -0.15) is 0 Å². The molecule has 0 saturated carbocycles. The van der Waals surface area contributed by atoms with Gasteiger partial charge in [-0.15, -0.1) is 0 Å². The molecule has 2 heteroatoms. The Kier molecular flexibility index (Phi) is 4.87. The quantitative estimate of drug-likeness (QED) is 0.747. The van der Waals surface area contributed by atoms with E-state index in [9.17, 15) is 0 Å². The molecule has 93 valence electrons. The van der Waals surface area contributed by atoms with Crippen LogP contribution in [0.25, 0.3) is 0 Å². The van der Waals surface area contributed by atoms with Crippen molar-refractivity contribution in [2.75, 3.05) is 26.2 Å². The van der Waals surface area contributed by atoms with Crippen LogP contribution in [0.4, 0.5) is 0 Å². The van der Waals surface area contributed by atoms with Crippen LogP contribution in [0.5, 0.6) is 5.75 Å². The SMILES string of the molecule is CCCc1c[c]ccc1OCCN1CCCC1. The van der Waals surface area contributed by atoms with Gasteiger partial charge < -0.3 is 4.74 Å². The van der Waals surface area contributed by atoms with Crippen molar-refractivity contribution in [3.05, 3.63) is 29.8 Å². The number of likely N-dealkylation sites (tertiary alicyclic amines) is 1. The molecule has 1 aliphatic rings. The van der Waals surface area contributed by atoms with Crippen molar-refractivity contribution < 1.29 is 4.74 Å². The van der Waals surface area contributed by atoms with Crippen LogP contribution in [0.3, 0.4) is 0 Å². The highest BCUT2D eigenvalue weighted by Gasteiger charge is 2.11. The predicted octanol–water partition coefficient (Wildman–Crippen LogP) is 2.91. The van der Waals surface area contributed by atoms with Crippen LogP contribution in [0, 0.1) is 6.07 Å². The summed E-state index contributed by atoms with van der Waals surface area (Å²) in [6.07, 6.45) is 4.93. The number of hydrogen-bond donors (Lipinski definition) is 0. The molecule has 1 heterocycles. The molecule has 1 radical (unpaired) electrons. The highest BCUT2D eigenvalue weighted by molar-refractivity contribution is 5.32. The van der Waals surface area contributed by atoms with Crippen LogP contribution >= 0.6 is 0 Å². The summed E-state index contributed by atoms with van der Waals surface area (Å²) in [7, 11) is 0. The first-order chi connectivity index (χ1) is 8.40. The average Bonchev–Trinajstić information content (AvgIpc) is 2.85. The fourth-order valence-electron chi connectivity index (χ4n) is 2.35. The lowest BCUT2D eigenvalue weighted by molar-refractivity contribution is 0.236. The monoisotopic (exact) mass is 232 g/mol. The van der Waals surface area contributed by atoms with Gasteiger partial charge in [-0.1, -0.05) is 19.4 Å². The topological polar surface area (TPSA) is 12.5 Å². The minimum Gasteiger partial charge on any atom is -0.492 e. The molecular formula is C15H22NO. The van der Waals surface area contributed by atoms with E-state index in [1.54, 1.807) is 0 Å². The van der Waals surface area contributed by atoms with Gasteiger partial charge in [-0.3, -0.25) is 4.90 Å². The standard InChI is InChI=1S/C15H22NO/c1-2-7-14-8-3-4-9-15(14)17-13-12-16-10-5-6-11-16/h4,8-9H,2,5-7,10-13H2,1H3. The van der Waals surface area contributed by atoms with Crippen molar-refractivity contribution in [3.63, 3.8) is 0 Å². The Hall–Kier alpha value is -1.02. The van der Waals surface area contributed by atoms with E-state index in [2.05, 4.69) is 24.0 Å². The summed E-state index contributed by atoms with van der Waals surface area (Å²) in [6.45, 7) is 6.55. The molecule has 0 amide bonds. The highest BCUT2D eigenvalue weighted by Crippen LogP contribution is 2.19. The fourth-order valence-corrected chi connectivity index (χ4v) is 2.35. The van der Waals surface area contributed by atoms with Crippen LogP contribution in [0.1, 0.15) is 31.7 Å². The third kappa shape index (κ3) is 3.74. The fraction of sp³-hybridized carbons (Fsp3) is 0.600. The normalized spacial score (nSPS) is 16.3. The van der Waals surface area contributed by atoms with Gasteiger partial charge in [0.25, 0.3) is 0 Å². The Morgan fingerprint density at radius 2 is 2.18 bits per heavy atom. The van der Waals surface area contributed by atoms with E-state index in [-0.39, 0.29) is 0 Å². The Morgan fingerprint density at radius 3 is 2.94 bits per heavy atom. The molecule has 0 atom stereocenters. The second-order valence-electron chi connectivity index (χ2n) is 4.68. The smallest absolute Gasteiger partial charge is 0.122 e. The van der Waals surface area contributed by atoms with Crippen LogP contribution in [0.2, 0.25) is 0 Å². The molecule has 0 bridgehead atoms. The van der Waals surface area contributed by atoms with E-state index < -0.39 is 0 Å². The summed E-state index contributed by atoms with van der Waals surface area (Å²) in [5.74, 6) is 1.05. The Labute approximate surface area is 105 Å². The van der Waals surface area contributed by atoms with E-state index in [1.165, 1.54) is 31.5 Å². The van der Waals surface area contributed by atoms with E-state index in [0.29, 0.717) is 0 Å². The third-order valence-corrected chi connectivity index (χ3v) is 3.29. The Morgan fingerprint density at radius 1 is 1.35 bits per heavy atom. The maximum absolute atomic E-state index is 5.89. The van der Waals surface area contributed by atoms with Crippen molar-refractivity contribution in [3.8, 4) is 5.75 Å². The molecule has 0 aromatic heterocycles. The molecule has 0 spiro atoms. The molecule has 1 aliphatic heterocycles. The molecule has 17 heavy (non-hydrogen) atoms. The first-order valence-electron chi connectivity index (χ1n) is 6.74. The van der Waals surface area contributed by atoms with Gasteiger partial charge in [0, 0.05) is 6.54 Å². The summed E-state index contributed by atoms with van der Waals surface area (Å²) < 4.78 is 5.89. The Bertz CT molecular complexity index is 331. The van der Waals surface area contributed by atoms with Crippen molar-refractivity contribution in [1.29, 1.82) is 0 Å². The van der Waals surface area contributed by atoms with Gasteiger partial charge in [-0.05, 0) is 56.1 Å². The summed E-state index contributed by atoms with van der Waals surface area (Å²) in [4.78, 5) is 2.48. The molecular weight excluding hydrogens is 210 g/mol. The molecule has 0 N–H and O–H groups in total. The average molecular weight is 232 g/mol. The molecule has 0 aliphatic carbocycles. The van der Waals surface area contributed by atoms with Gasteiger partial charge >= 0.3 is 0 Å². The maximum atomic E-state index is 5.89. The van der Waals surface area contributed by atoms with E-state index in [1.807, 2.05) is 12.1 Å².